The summed E-state index contributed by atoms with van der Waals surface area (Å²) in [6.45, 7) is 0. The lowest BCUT2D eigenvalue weighted by molar-refractivity contribution is 0.171. The highest BCUT2D eigenvalue weighted by Gasteiger charge is 2.18. The number of aliphatic hydroxyl groups excluding tert-OH is 1. The minimum atomic E-state index is -1.34. The summed E-state index contributed by atoms with van der Waals surface area (Å²) in [5, 5.41) is 9.95. The molecule has 2 nitrogen and oxygen atoms in total. The summed E-state index contributed by atoms with van der Waals surface area (Å²) in [6.07, 6.45) is -1.52. The van der Waals surface area contributed by atoms with Crippen molar-refractivity contribution in [3.05, 3.63) is 65.0 Å². The van der Waals surface area contributed by atoms with Gasteiger partial charge in [-0.15, -0.1) is 0 Å². The summed E-state index contributed by atoms with van der Waals surface area (Å²) in [5.74, 6) is -2.75. The fraction of sp³-hybridized carbons (Fsp3) is 0.200. The maximum Gasteiger partial charge on any atom is 0.168 e. The van der Waals surface area contributed by atoms with Crippen molar-refractivity contribution in [1.29, 1.82) is 0 Å². The summed E-state index contributed by atoms with van der Waals surface area (Å²) in [4.78, 5) is 0. The lowest BCUT2D eigenvalue weighted by atomic mass is 10.00. The minimum absolute atomic E-state index is 0.0365. The second-order valence-electron chi connectivity index (χ2n) is 4.30. The fourth-order valence-corrected chi connectivity index (χ4v) is 1.97. The topological polar surface area (TPSA) is 29.5 Å². The smallest absolute Gasteiger partial charge is 0.168 e. The van der Waals surface area contributed by atoms with Gasteiger partial charge in [-0.25, -0.2) is 13.2 Å². The van der Waals surface area contributed by atoms with Crippen LogP contribution in [0, 0.1) is 17.5 Å². The van der Waals surface area contributed by atoms with Gasteiger partial charge in [0.2, 0.25) is 0 Å². The lowest BCUT2D eigenvalue weighted by Gasteiger charge is -2.14. The molecule has 0 fully saturated rings. The largest absolute Gasteiger partial charge is 0.494 e. The SMILES string of the molecule is COc1cccc(CC(O)c2cccc(F)c2F)c1F. The van der Waals surface area contributed by atoms with E-state index in [1.165, 1.54) is 31.4 Å². The van der Waals surface area contributed by atoms with E-state index in [2.05, 4.69) is 0 Å². The van der Waals surface area contributed by atoms with Crippen LogP contribution >= 0.6 is 0 Å². The number of benzene rings is 2. The van der Waals surface area contributed by atoms with Crippen LogP contribution in [0.4, 0.5) is 13.2 Å². The van der Waals surface area contributed by atoms with E-state index >= 15 is 0 Å². The van der Waals surface area contributed by atoms with Gasteiger partial charge < -0.3 is 9.84 Å². The molecule has 0 heterocycles. The zero-order chi connectivity index (χ0) is 14.7. The van der Waals surface area contributed by atoms with Crippen molar-refractivity contribution < 1.29 is 23.0 Å². The van der Waals surface area contributed by atoms with Gasteiger partial charge >= 0.3 is 0 Å². The van der Waals surface area contributed by atoms with E-state index in [4.69, 9.17) is 4.74 Å². The molecular weight excluding hydrogens is 269 g/mol. The van der Waals surface area contributed by atoms with Crippen molar-refractivity contribution in [2.75, 3.05) is 7.11 Å². The first-order valence-corrected chi connectivity index (χ1v) is 5.98. The van der Waals surface area contributed by atoms with Crippen LogP contribution in [0.25, 0.3) is 0 Å². The Morgan fingerprint density at radius 2 is 1.75 bits per heavy atom. The molecule has 0 bridgehead atoms. The van der Waals surface area contributed by atoms with E-state index in [1.807, 2.05) is 0 Å². The van der Waals surface area contributed by atoms with Gasteiger partial charge in [0.25, 0.3) is 0 Å². The number of aliphatic hydroxyl groups is 1. The van der Waals surface area contributed by atoms with E-state index in [0.717, 1.165) is 6.07 Å². The molecule has 0 saturated heterocycles. The third-order valence-electron chi connectivity index (χ3n) is 3.02. The third-order valence-corrected chi connectivity index (χ3v) is 3.02. The highest BCUT2D eigenvalue weighted by molar-refractivity contribution is 5.32. The molecule has 1 unspecified atom stereocenters. The average molecular weight is 282 g/mol. The van der Waals surface area contributed by atoms with Gasteiger partial charge in [0.15, 0.2) is 23.2 Å². The quantitative estimate of drug-likeness (QED) is 0.931. The molecule has 0 aliphatic carbocycles. The van der Waals surface area contributed by atoms with Crippen LogP contribution in [-0.4, -0.2) is 12.2 Å². The van der Waals surface area contributed by atoms with Gasteiger partial charge in [0, 0.05) is 12.0 Å². The molecule has 2 aromatic rings. The summed E-state index contributed by atoms with van der Waals surface area (Å²) < 4.78 is 45.4. The molecule has 0 spiro atoms. The lowest BCUT2D eigenvalue weighted by Crippen LogP contribution is -2.07. The number of methoxy groups -OCH3 is 1. The molecule has 0 radical (unpaired) electrons. The van der Waals surface area contributed by atoms with E-state index < -0.39 is 23.6 Å². The van der Waals surface area contributed by atoms with Crippen LogP contribution in [-0.2, 0) is 6.42 Å². The fourth-order valence-electron chi connectivity index (χ4n) is 1.97. The van der Waals surface area contributed by atoms with Crippen molar-refractivity contribution >= 4 is 0 Å². The molecule has 106 valence electrons. The van der Waals surface area contributed by atoms with Crippen LogP contribution in [0.2, 0.25) is 0 Å². The molecule has 0 aliphatic heterocycles. The maximum atomic E-state index is 13.9. The van der Waals surface area contributed by atoms with Crippen molar-refractivity contribution in [2.45, 2.75) is 12.5 Å². The Hall–Kier alpha value is -2.01. The first-order valence-electron chi connectivity index (χ1n) is 5.98. The number of hydrogen-bond donors (Lipinski definition) is 1. The summed E-state index contributed by atoms with van der Waals surface area (Å²) in [6, 6.07) is 7.97. The molecule has 2 rings (SSSR count). The Labute approximate surface area is 114 Å². The predicted octanol–water partition coefficient (Wildman–Crippen LogP) is 3.39. The van der Waals surface area contributed by atoms with Gasteiger partial charge in [0.1, 0.15) is 0 Å². The highest BCUT2D eigenvalue weighted by atomic mass is 19.2. The van der Waals surface area contributed by atoms with Crippen molar-refractivity contribution in [1.82, 2.24) is 0 Å². The van der Waals surface area contributed by atoms with E-state index in [9.17, 15) is 18.3 Å². The Balaban J connectivity index is 2.28. The van der Waals surface area contributed by atoms with Crippen LogP contribution in [0.15, 0.2) is 36.4 Å². The second kappa shape index (κ2) is 5.96. The summed E-state index contributed by atoms with van der Waals surface area (Å²) >= 11 is 0. The Morgan fingerprint density at radius 1 is 1.05 bits per heavy atom. The molecule has 2 aromatic carbocycles. The van der Waals surface area contributed by atoms with Crippen LogP contribution in [0.1, 0.15) is 17.2 Å². The van der Waals surface area contributed by atoms with Crippen molar-refractivity contribution in [2.24, 2.45) is 0 Å². The van der Waals surface area contributed by atoms with Crippen molar-refractivity contribution in [3.63, 3.8) is 0 Å². The Bertz CT molecular complexity index is 614. The number of ether oxygens (including phenoxy) is 1. The first kappa shape index (κ1) is 14.4. The second-order valence-corrected chi connectivity index (χ2v) is 4.30. The molecule has 0 saturated carbocycles. The van der Waals surface area contributed by atoms with E-state index in [1.54, 1.807) is 6.07 Å². The van der Waals surface area contributed by atoms with Crippen LogP contribution < -0.4 is 4.74 Å². The van der Waals surface area contributed by atoms with Gasteiger partial charge in [-0.2, -0.15) is 0 Å². The average Bonchev–Trinajstić information content (AvgIpc) is 2.44. The molecular formula is C15H13F3O2. The molecule has 1 atom stereocenters. The van der Waals surface area contributed by atoms with Crippen LogP contribution in [0.5, 0.6) is 5.75 Å². The molecule has 0 amide bonds. The summed E-state index contributed by atoms with van der Waals surface area (Å²) in [7, 11) is 1.32. The van der Waals surface area contributed by atoms with Gasteiger partial charge in [-0.1, -0.05) is 24.3 Å². The molecule has 0 aromatic heterocycles. The van der Waals surface area contributed by atoms with Gasteiger partial charge in [-0.3, -0.25) is 0 Å². The summed E-state index contributed by atoms with van der Waals surface area (Å²) in [5.41, 5.74) is -0.0345. The normalized spacial score (nSPS) is 12.2. The van der Waals surface area contributed by atoms with Gasteiger partial charge in [-0.05, 0) is 17.7 Å². The zero-order valence-electron chi connectivity index (χ0n) is 10.7. The Kier molecular flexibility index (Phi) is 4.29. The molecule has 0 aliphatic rings. The van der Waals surface area contributed by atoms with Crippen molar-refractivity contribution in [3.8, 4) is 5.75 Å². The molecule has 1 N–H and O–H groups in total. The number of halogens is 3. The molecule has 5 heteroatoms. The standard InChI is InChI=1S/C15H13F3O2/c1-20-13-7-2-4-9(14(13)17)8-12(19)10-5-3-6-11(16)15(10)18/h2-7,12,19H,8H2,1H3. The molecule has 20 heavy (non-hydrogen) atoms. The third kappa shape index (κ3) is 2.77. The highest BCUT2D eigenvalue weighted by Crippen LogP contribution is 2.27. The first-order chi connectivity index (χ1) is 9.54. The monoisotopic (exact) mass is 282 g/mol. The predicted molar refractivity (Wildman–Crippen MR) is 68.0 cm³/mol. The zero-order valence-corrected chi connectivity index (χ0v) is 10.7. The maximum absolute atomic E-state index is 13.9. The van der Waals surface area contributed by atoms with Gasteiger partial charge in [0.05, 0.1) is 13.2 Å². The number of hydrogen-bond acceptors (Lipinski definition) is 2. The minimum Gasteiger partial charge on any atom is -0.494 e. The Morgan fingerprint density at radius 3 is 2.45 bits per heavy atom. The van der Waals surface area contributed by atoms with E-state index in [0.29, 0.717) is 0 Å². The number of rotatable bonds is 4. The van der Waals surface area contributed by atoms with Crippen LogP contribution in [0.3, 0.4) is 0 Å². The van der Waals surface area contributed by atoms with E-state index in [-0.39, 0.29) is 23.3 Å².